The molecular formula is C14H14FN5O. The molecule has 0 N–H and O–H groups in total. The lowest BCUT2D eigenvalue weighted by Crippen LogP contribution is -2.01. The minimum Gasteiger partial charge on any atom is -0.494 e. The first-order valence-corrected chi connectivity index (χ1v) is 6.40. The van der Waals surface area contributed by atoms with Gasteiger partial charge in [0.1, 0.15) is 28.8 Å². The molecule has 1 aromatic carbocycles. The molecule has 2 aromatic heterocycles. The molecule has 0 fully saturated rings. The minimum absolute atomic E-state index is 0.357. The van der Waals surface area contributed by atoms with Gasteiger partial charge in [0.2, 0.25) is 0 Å². The van der Waals surface area contributed by atoms with Gasteiger partial charge in [-0.1, -0.05) is 5.21 Å². The van der Waals surface area contributed by atoms with Crippen LogP contribution in [0, 0.1) is 12.7 Å². The van der Waals surface area contributed by atoms with Crippen molar-refractivity contribution in [2.24, 2.45) is 0 Å². The van der Waals surface area contributed by atoms with Gasteiger partial charge in [0.05, 0.1) is 19.9 Å². The molecule has 0 radical (unpaired) electrons. The first kappa shape index (κ1) is 13.3. The zero-order valence-corrected chi connectivity index (χ0v) is 11.7. The van der Waals surface area contributed by atoms with Gasteiger partial charge in [0.25, 0.3) is 0 Å². The van der Waals surface area contributed by atoms with Gasteiger partial charge in [0.15, 0.2) is 0 Å². The van der Waals surface area contributed by atoms with Crippen LogP contribution in [0.2, 0.25) is 0 Å². The summed E-state index contributed by atoms with van der Waals surface area (Å²) < 4.78 is 21.9. The summed E-state index contributed by atoms with van der Waals surface area (Å²) in [5.41, 5.74) is 1.42. The predicted molar refractivity (Wildman–Crippen MR) is 73.9 cm³/mol. The molecular weight excluding hydrogens is 273 g/mol. The highest BCUT2D eigenvalue weighted by molar-refractivity contribution is 5.46. The van der Waals surface area contributed by atoms with Crippen LogP contribution in [0.25, 0.3) is 5.69 Å². The molecule has 0 saturated heterocycles. The fourth-order valence-corrected chi connectivity index (χ4v) is 2.07. The van der Waals surface area contributed by atoms with E-state index in [-0.39, 0.29) is 5.82 Å². The Morgan fingerprint density at radius 1 is 1.33 bits per heavy atom. The zero-order chi connectivity index (χ0) is 14.8. The summed E-state index contributed by atoms with van der Waals surface area (Å²) >= 11 is 0. The van der Waals surface area contributed by atoms with Crippen molar-refractivity contribution in [2.45, 2.75) is 13.5 Å². The molecule has 7 heteroatoms. The maximum atomic E-state index is 13.2. The molecule has 3 aromatic rings. The van der Waals surface area contributed by atoms with Gasteiger partial charge in [-0.25, -0.2) is 14.1 Å². The third-order valence-corrected chi connectivity index (χ3v) is 3.19. The fraction of sp³-hybridized carbons (Fsp3) is 0.214. The van der Waals surface area contributed by atoms with Crippen molar-refractivity contribution in [1.82, 2.24) is 24.5 Å². The molecule has 0 unspecified atom stereocenters. The summed E-state index contributed by atoms with van der Waals surface area (Å²) in [5, 5.41) is 8.19. The molecule has 0 amide bonds. The van der Waals surface area contributed by atoms with Crippen molar-refractivity contribution in [3.05, 3.63) is 54.1 Å². The van der Waals surface area contributed by atoms with E-state index in [1.165, 1.54) is 19.2 Å². The van der Waals surface area contributed by atoms with Crippen LogP contribution in [-0.2, 0) is 6.54 Å². The van der Waals surface area contributed by atoms with Crippen molar-refractivity contribution in [3.8, 4) is 11.4 Å². The highest BCUT2D eigenvalue weighted by Gasteiger charge is 2.10. The standard InChI is InChI=1S/C14H14FN5O/c1-10-16-5-6-19(10)8-12-9-20(18-17-12)13-4-3-11(15)7-14(13)21-2/h3-7,9H,8H2,1-2H3. The number of ether oxygens (including phenoxy) is 1. The van der Waals surface area contributed by atoms with Crippen LogP contribution in [0.3, 0.4) is 0 Å². The second-order valence-corrected chi connectivity index (χ2v) is 4.57. The second-order valence-electron chi connectivity index (χ2n) is 4.57. The monoisotopic (exact) mass is 287 g/mol. The number of hydrogen-bond donors (Lipinski definition) is 0. The Morgan fingerprint density at radius 3 is 2.90 bits per heavy atom. The van der Waals surface area contributed by atoms with Crippen LogP contribution in [0.15, 0.2) is 36.8 Å². The molecule has 0 atom stereocenters. The number of nitrogens with zero attached hydrogens (tertiary/aromatic N) is 5. The van der Waals surface area contributed by atoms with Gasteiger partial charge >= 0.3 is 0 Å². The Bertz CT molecular complexity index is 764. The summed E-state index contributed by atoms with van der Waals surface area (Å²) in [6.45, 7) is 2.50. The molecule has 0 saturated carbocycles. The highest BCUT2D eigenvalue weighted by atomic mass is 19.1. The Kier molecular flexibility index (Phi) is 3.39. The van der Waals surface area contributed by atoms with E-state index in [0.29, 0.717) is 18.0 Å². The van der Waals surface area contributed by atoms with Gasteiger partial charge in [-0.05, 0) is 19.1 Å². The molecule has 0 bridgehead atoms. The zero-order valence-electron chi connectivity index (χ0n) is 11.7. The van der Waals surface area contributed by atoms with Gasteiger partial charge in [-0.3, -0.25) is 0 Å². The summed E-state index contributed by atoms with van der Waals surface area (Å²) in [5.74, 6) is 0.958. The van der Waals surface area contributed by atoms with E-state index in [4.69, 9.17) is 4.74 Å². The fourth-order valence-electron chi connectivity index (χ4n) is 2.07. The highest BCUT2D eigenvalue weighted by Crippen LogP contribution is 2.23. The number of methoxy groups -OCH3 is 1. The Balaban J connectivity index is 1.90. The molecule has 0 aliphatic carbocycles. The summed E-state index contributed by atoms with van der Waals surface area (Å²) in [7, 11) is 1.49. The van der Waals surface area contributed by atoms with Crippen LogP contribution in [-0.4, -0.2) is 31.7 Å². The number of aryl methyl sites for hydroxylation is 1. The second kappa shape index (κ2) is 5.35. The van der Waals surface area contributed by atoms with Gasteiger partial charge in [-0.2, -0.15) is 0 Å². The molecule has 108 valence electrons. The van der Waals surface area contributed by atoms with Crippen LogP contribution in [0.1, 0.15) is 11.5 Å². The van der Waals surface area contributed by atoms with Gasteiger partial charge < -0.3 is 9.30 Å². The number of benzene rings is 1. The van der Waals surface area contributed by atoms with Crippen molar-refractivity contribution < 1.29 is 9.13 Å². The topological polar surface area (TPSA) is 57.8 Å². The number of hydrogen-bond acceptors (Lipinski definition) is 4. The number of aromatic nitrogens is 5. The quantitative estimate of drug-likeness (QED) is 0.736. The smallest absolute Gasteiger partial charge is 0.147 e. The number of halogens is 1. The first-order valence-electron chi connectivity index (χ1n) is 6.40. The predicted octanol–water partition coefficient (Wildman–Crippen LogP) is 1.97. The van der Waals surface area contributed by atoms with Crippen molar-refractivity contribution in [1.29, 1.82) is 0 Å². The van der Waals surface area contributed by atoms with Crippen molar-refractivity contribution >= 4 is 0 Å². The average molecular weight is 287 g/mol. The average Bonchev–Trinajstić information content (AvgIpc) is 3.09. The van der Waals surface area contributed by atoms with E-state index in [9.17, 15) is 4.39 Å². The lowest BCUT2D eigenvalue weighted by atomic mass is 10.3. The van der Waals surface area contributed by atoms with Gasteiger partial charge in [-0.15, -0.1) is 5.10 Å². The third-order valence-electron chi connectivity index (χ3n) is 3.19. The van der Waals surface area contributed by atoms with Crippen molar-refractivity contribution in [3.63, 3.8) is 0 Å². The molecule has 0 aliphatic rings. The van der Waals surface area contributed by atoms with E-state index in [2.05, 4.69) is 15.3 Å². The lowest BCUT2D eigenvalue weighted by molar-refractivity contribution is 0.408. The van der Waals surface area contributed by atoms with E-state index in [1.54, 1.807) is 23.1 Å². The Hall–Kier alpha value is -2.70. The number of rotatable bonds is 4. The maximum Gasteiger partial charge on any atom is 0.147 e. The third kappa shape index (κ3) is 2.62. The normalized spacial score (nSPS) is 10.8. The van der Waals surface area contributed by atoms with Crippen molar-refractivity contribution in [2.75, 3.05) is 7.11 Å². The largest absolute Gasteiger partial charge is 0.494 e. The molecule has 3 rings (SSSR count). The van der Waals surface area contributed by atoms with E-state index in [0.717, 1.165) is 11.5 Å². The summed E-state index contributed by atoms with van der Waals surface area (Å²) in [6, 6.07) is 4.28. The molecule has 6 nitrogen and oxygen atoms in total. The minimum atomic E-state index is -0.357. The first-order chi connectivity index (χ1) is 10.2. The maximum absolute atomic E-state index is 13.2. The van der Waals surface area contributed by atoms with Crippen LogP contribution in [0.5, 0.6) is 5.75 Å². The molecule has 0 spiro atoms. The van der Waals surface area contributed by atoms with E-state index in [1.807, 2.05) is 17.7 Å². The van der Waals surface area contributed by atoms with Gasteiger partial charge in [0, 0.05) is 18.5 Å². The summed E-state index contributed by atoms with van der Waals surface area (Å²) in [6.07, 6.45) is 5.41. The molecule has 2 heterocycles. The molecule has 0 aliphatic heterocycles. The SMILES string of the molecule is COc1cc(F)ccc1-n1cc(Cn2ccnc2C)nn1. The van der Waals surface area contributed by atoms with E-state index >= 15 is 0 Å². The van der Waals surface area contributed by atoms with Crippen LogP contribution in [0.4, 0.5) is 4.39 Å². The van der Waals surface area contributed by atoms with Crippen LogP contribution >= 0.6 is 0 Å². The summed E-state index contributed by atoms with van der Waals surface area (Å²) in [4.78, 5) is 4.16. The lowest BCUT2D eigenvalue weighted by Gasteiger charge is -2.07. The number of imidazole rings is 1. The Morgan fingerprint density at radius 2 is 2.19 bits per heavy atom. The van der Waals surface area contributed by atoms with Crippen LogP contribution < -0.4 is 4.74 Å². The van der Waals surface area contributed by atoms with E-state index < -0.39 is 0 Å². The Labute approximate surface area is 120 Å². The molecule has 21 heavy (non-hydrogen) atoms.